The maximum absolute atomic E-state index is 11.9. The van der Waals surface area contributed by atoms with E-state index >= 15 is 0 Å². The van der Waals surface area contributed by atoms with Crippen LogP contribution in [0.2, 0.25) is 0 Å². The Balaban J connectivity index is 2.72. The monoisotopic (exact) mass is 300 g/mol. The van der Waals surface area contributed by atoms with Gasteiger partial charge in [0, 0.05) is 0 Å². The lowest BCUT2D eigenvalue weighted by Gasteiger charge is -2.38. The molecule has 1 aromatic rings. The summed E-state index contributed by atoms with van der Waals surface area (Å²) in [6.07, 6.45) is 0.749. The van der Waals surface area contributed by atoms with Crippen LogP contribution in [0.25, 0.3) is 0 Å². The summed E-state index contributed by atoms with van der Waals surface area (Å²) >= 11 is 1.29. The van der Waals surface area contributed by atoms with Crippen molar-refractivity contribution in [3.05, 3.63) is 5.01 Å². The van der Waals surface area contributed by atoms with Gasteiger partial charge in [-0.3, -0.25) is 10.1 Å². The van der Waals surface area contributed by atoms with Gasteiger partial charge in [-0.2, -0.15) is 0 Å². The van der Waals surface area contributed by atoms with Gasteiger partial charge in [0.15, 0.2) is 0 Å². The van der Waals surface area contributed by atoms with Gasteiger partial charge >= 0.3 is 12.0 Å². The molecule has 0 bridgehead atoms. The van der Waals surface area contributed by atoms with Crippen molar-refractivity contribution in [2.45, 2.75) is 46.6 Å². The van der Waals surface area contributed by atoms with Crippen molar-refractivity contribution in [3.63, 3.8) is 0 Å². The van der Waals surface area contributed by atoms with Crippen molar-refractivity contribution < 1.29 is 14.7 Å². The first-order valence-corrected chi connectivity index (χ1v) is 7.06. The van der Waals surface area contributed by atoms with Gasteiger partial charge in [-0.15, -0.1) is 10.2 Å². The van der Waals surface area contributed by atoms with E-state index in [9.17, 15) is 14.7 Å². The molecule has 0 saturated heterocycles. The predicted octanol–water partition coefficient (Wildman–Crippen LogP) is 2.11. The Labute approximate surface area is 121 Å². The molecule has 7 nitrogen and oxygen atoms in total. The quantitative estimate of drug-likeness (QED) is 0.772. The maximum atomic E-state index is 11.9. The zero-order valence-electron chi connectivity index (χ0n) is 12.3. The zero-order valence-corrected chi connectivity index (χ0v) is 13.1. The average Bonchev–Trinajstić information content (AvgIpc) is 2.75. The molecule has 1 rings (SSSR count). The van der Waals surface area contributed by atoms with Crippen LogP contribution in [0.15, 0.2) is 0 Å². The topological polar surface area (TPSA) is 104 Å². The number of urea groups is 1. The Hall–Kier alpha value is -1.70. The fourth-order valence-electron chi connectivity index (χ4n) is 1.28. The average molecular weight is 300 g/mol. The number of rotatable bonds is 5. The van der Waals surface area contributed by atoms with Crippen molar-refractivity contribution in [1.82, 2.24) is 15.5 Å². The second-order valence-electron chi connectivity index (χ2n) is 5.49. The number of nitrogens with zero attached hydrogens (tertiary/aromatic N) is 2. The van der Waals surface area contributed by atoms with Crippen LogP contribution in [0.3, 0.4) is 0 Å². The minimum Gasteiger partial charge on any atom is -0.481 e. The summed E-state index contributed by atoms with van der Waals surface area (Å²) in [7, 11) is 0. The lowest BCUT2D eigenvalue weighted by molar-refractivity contribution is -0.150. The number of anilines is 1. The standard InChI is InChI=1S/C12H20N4O3S/c1-6-7-15-16-10(20-7)13-9(19)14-12(4,5)11(2,3)8(17)18/h6H2,1-5H3,(H,17,18)(H2,13,14,16,19). The number of aryl methyl sites for hydroxylation is 1. The van der Waals surface area contributed by atoms with Gasteiger partial charge in [0.05, 0.1) is 11.0 Å². The first-order chi connectivity index (χ1) is 9.10. The lowest BCUT2D eigenvalue weighted by atomic mass is 9.74. The summed E-state index contributed by atoms with van der Waals surface area (Å²) in [5.74, 6) is -0.980. The fraction of sp³-hybridized carbons (Fsp3) is 0.667. The smallest absolute Gasteiger partial charge is 0.321 e. The molecule has 0 radical (unpaired) electrons. The van der Waals surface area contributed by atoms with E-state index in [1.807, 2.05) is 6.92 Å². The SMILES string of the molecule is CCc1nnc(NC(=O)NC(C)(C)C(C)(C)C(=O)O)s1. The van der Waals surface area contributed by atoms with Crippen LogP contribution in [0, 0.1) is 5.41 Å². The first kappa shape index (κ1) is 16.4. The Bertz CT molecular complexity index is 511. The summed E-state index contributed by atoms with van der Waals surface area (Å²) in [6, 6.07) is -0.497. The highest BCUT2D eigenvalue weighted by molar-refractivity contribution is 7.15. The van der Waals surface area contributed by atoms with Crippen LogP contribution in [0.5, 0.6) is 0 Å². The number of hydrogen-bond donors (Lipinski definition) is 3. The van der Waals surface area contributed by atoms with Crippen molar-refractivity contribution >= 4 is 28.5 Å². The lowest BCUT2D eigenvalue weighted by Crippen LogP contribution is -2.57. The van der Waals surface area contributed by atoms with E-state index in [1.54, 1.807) is 27.7 Å². The molecule has 0 aliphatic carbocycles. The molecule has 8 heteroatoms. The first-order valence-electron chi connectivity index (χ1n) is 6.25. The van der Waals surface area contributed by atoms with Crippen LogP contribution >= 0.6 is 11.3 Å². The number of carbonyl (C=O) groups excluding carboxylic acids is 1. The molecule has 0 atom stereocenters. The Morgan fingerprint density at radius 1 is 1.25 bits per heavy atom. The Morgan fingerprint density at radius 2 is 1.85 bits per heavy atom. The third-order valence-electron chi connectivity index (χ3n) is 3.51. The van der Waals surface area contributed by atoms with Crippen LogP contribution in [0.1, 0.15) is 39.6 Å². The van der Waals surface area contributed by atoms with Crippen LogP contribution in [-0.2, 0) is 11.2 Å². The molecule has 1 aromatic heterocycles. The number of carboxylic acids is 1. The summed E-state index contributed by atoms with van der Waals surface area (Å²) in [5, 5.41) is 23.4. The normalized spacial score (nSPS) is 12.1. The second kappa shape index (κ2) is 5.74. The van der Waals surface area contributed by atoms with Gasteiger partial charge in [0.2, 0.25) is 5.13 Å². The maximum Gasteiger partial charge on any atom is 0.321 e. The van der Waals surface area contributed by atoms with Crippen LogP contribution < -0.4 is 10.6 Å². The summed E-state index contributed by atoms with van der Waals surface area (Å²) in [4.78, 5) is 23.2. The molecule has 20 heavy (non-hydrogen) atoms. The van der Waals surface area contributed by atoms with E-state index in [0.29, 0.717) is 5.13 Å². The molecule has 1 heterocycles. The number of carboxylic acid groups (broad SMARTS) is 1. The molecule has 0 unspecified atom stereocenters. The Morgan fingerprint density at radius 3 is 2.30 bits per heavy atom. The highest BCUT2D eigenvalue weighted by Crippen LogP contribution is 2.30. The molecule has 0 aliphatic rings. The van der Waals surface area contributed by atoms with Crippen molar-refractivity contribution in [1.29, 1.82) is 0 Å². The van der Waals surface area contributed by atoms with Crippen LogP contribution in [0.4, 0.5) is 9.93 Å². The molecular weight excluding hydrogens is 280 g/mol. The summed E-state index contributed by atoms with van der Waals surface area (Å²) in [6.45, 7) is 8.41. The second-order valence-corrected chi connectivity index (χ2v) is 6.55. The van der Waals surface area contributed by atoms with Crippen LogP contribution in [-0.4, -0.2) is 32.8 Å². The van der Waals surface area contributed by atoms with Gasteiger partial charge in [-0.1, -0.05) is 18.3 Å². The Kier molecular flexibility index (Phi) is 4.69. The largest absolute Gasteiger partial charge is 0.481 e. The van der Waals surface area contributed by atoms with Crippen molar-refractivity contribution in [3.8, 4) is 0 Å². The molecule has 2 amide bonds. The van der Waals surface area contributed by atoms with Gasteiger partial charge in [-0.05, 0) is 34.1 Å². The third kappa shape index (κ3) is 3.44. The highest BCUT2D eigenvalue weighted by atomic mass is 32.1. The third-order valence-corrected chi connectivity index (χ3v) is 4.50. The number of aliphatic carboxylic acids is 1. The molecule has 0 spiro atoms. The number of aromatic nitrogens is 2. The predicted molar refractivity (Wildman–Crippen MR) is 76.9 cm³/mol. The number of carbonyl (C=O) groups is 2. The van der Waals surface area contributed by atoms with E-state index in [-0.39, 0.29) is 0 Å². The summed E-state index contributed by atoms with van der Waals surface area (Å²) in [5.41, 5.74) is -2.04. The molecular formula is C12H20N4O3S. The minimum atomic E-state index is -1.11. The van der Waals surface area contributed by atoms with Gasteiger partial charge in [0.1, 0.15) is 5.01 Å². The van der Waals surface area contributed by atoms with E-state index in [4.69, 9.17) is 0 Å². The van der Waals surface area contributed by atoms with E-state index in [1.165, 1.54) is 11.3 Å². The molecule has 112 valence electrons. The van der Waals surface area contributed by atoms with Gasteiger partial charge in [0.25, 0.3) is 0 Å². The van der Waals surface area contributed by atoms with E-state index in [0.717, 1.165) is 11.4 Å². The van der Waals surface area contributed by atoms with Gasteiger partial charge < -0.3 is 10.4 Å². The minimum absolute atomic E-state index is 0.392. The van der Waals surface area contributed by atoms with Crippen molar-refractivity contribution in [2.75, 3.05) is 5.32 Å². The number of hydrogen-bond acceptors (Lipinski definition) is 5. The van der Waals surface area contributed by atoms with E-state index in [2.05, 4.69) is 20.8 Å². The van der Waals surface area contributed by atoms with Gasteiger partial charge in [-0.25, -0.2) is 4.79 Å². The zero-order chi connectivity index (χ0) is 15.6. The molecule has 3 N–H and O–H groups in total. The molecule has 0 aliphatic heterocycles. The highest BCUT2D eigenvalue weighted by Gasteiger charge is 2.44. The number of amides is 2. The fourth-order valence-corrected chi connectivity index (χ4v) is 1.96. The number of nitrogens with one attached hydrogen (secondary N) is 2. The molecule has 0 saturated carbocycles. The molecule has 0 fully saturated rings. The van der Waals surface area contributed by atoms with Crippen molar-refractivity contribution in [2.24, 2.45) is 5.41 Å². The molecule has 0 aromatic carbocycles. The summed E-state index contributed by atoms with van der Waals surface area (Å²) < 4.78 is 0. The van der Waals surface area contributed by atoms with E-state index < -0.39 is 23.0 Å².